The Hall–Kier alpha value is -2.53. The van der Waals surface area contributed by atoms with Crippen molar-refractivity contribution in [2.24, 2.45) is 0 Å². The SMILES string of the molecule is Cc1cccc(CC(=O)N2C3CCCC2CC(NC(=O)c2ccc(N)cc2Cl)C3)c1. The minimum atomic E-state index is -0.178. The van der Waals surface area contributed by atoms with Gasteiger partial charge in [-0.2, -0.15) is 0 Å². The molecule has 4 rings (SSSR count). The highest BCUT2D eigenvalue weighted by Crippen LogP contribution is 2.35. The van der Waals surface area contributed by atoms with Gasteiger partial charge < -0.3 is 16.0 Å². The van der Waals surface area contributed by atoms with Gasteiger partial charge >= 0.3 is 0 Å². The van der Waals surface area contributed by atoms with E-state index in [1.54, 1.807) is 18.2 Å². The van der Waals surface area contributed by atoms with Crippen LogP contribution in [0.5, 0.6) is 0 Å². The van der Waals surface area contributed by atoms with Gasteiger partial charge in [0.1, 0.15) is 0 Å². The summed E-state index contributed by atoms with van der Waals surface area (Å²) in [6.45, 7) is 2.05. The maximum absolute atomic E-state index is 13.1. The van der Waals surface area contributed by atoms with Gasteiger partial charge in [-0.1, -0.05) is 41.4 Å². The number of benzene rings is 2. The third-order valence-corrected chi connectivity index (χ3v) is 6.59. The van der Waals surface area contributed by atoms with Gasteiger partial charge in [0.05, 0.1) is 17.0 Å². The van der Waals surface area contributed by atoms with Crippen LogP contribution in [-0.2, 0) is 11.2 Å². The van der Waals surface area contributed by atoms with Crippen LogP contribution in [0.2, 0.25) is 5.02 Å². The van der Waals surface area contributed by atoms with Gasteiger partial charge in [-0.05, 0) is 62.8 Å². The molecule has 3 N–H and O–H groups in total. The molecule has 2 aliphatic heterocycles. The summed E-state index contributed by atoms with van der Waals surface area (Å²) in [5.41, 5.74) is 8.93. The molecule has 2 aromatic carbocycles. The molecule has 0 spiro atoms. The molecular formula is C24H28ClN3O2. The van der Waals surface area contributed by atoms with E-state index in [0.29, 0.717) is 22.7 Å². The van der Waals surface area contributed by atoms with Gasteiger partial charge in [0.25, 0.3) is 5.91 Å². The van der Waals surface area contributed by atoms with Crippen molar-refractivity contribution in [2.45, 2.75) is 63.6 Å². The third kappa shape index (κ3) is 4.46. The Morgan fingerprint density at radius 2 is 1.87 bits per heavy atom. The maximum atomic E-state index is 13.1. The van der Waals surface area contributed by atoms with Crippen LogP contribution in [0.3, 0.4) is 0 Å². The zero-order valence-corrected chi connectivity index (χ0v) is 18.0. The van der Waals surface area contributed by atoms with Gasteiger partial charge in [-0.25, -0.2) is 0 Å². The fourth-order valence-electron chi connectivity index (χ4n) is 4.97. The van der Waals surface area contributed by atoms with Crippen molar-refractivity contribution in [2.75, 3.05) is 5.73 Å². The molecule has 2 heterocycles. The number of nitrogens with two attached hydrogens (primary N) is 1. The van der Waals surface area contributed by atoms with Crippen molar-refractivity contribution in [3.63, 3.8) is 0 Å². The first-order chi connectivity index (χ1) is 14.4. The quantitative estimate of drug-likeness (QED) is 0.723. The van der Waals surface area contributed by atoms with Gasteiger partial charge in [0.2, 0.25) is 5.91 Å². The number of aryl methyl sites for hydroxylation is 1. The van der Waals surface area contributed by atoms with Crippen LogP contribution in [0.1, 0.15) is 53.6 Å². The molecule has 2 atom stereocenters. The highest BCUT2D eigenvalue weighted by atomic mass is 35.5. The molecule has 2 unspecified atom stereocenters. The van der Waals surface area contributed by atoms with E-state index in [0.717, 1.165) is 37.7 Å². The number of piperidine rings is 2. The van der Waals surface area contributed by atoms with Crippen LogP contribution >= 0.6 is 11.6 Å². The summed E-state index contributed by atoms with van der Waals surface area (Å²) in [4.78, 5) is 28.0. The van der Waals surface area contributed by atoms with E-state index < -0.39 is 0 Å². The van der Waals surface area contributed by atoms with E-state index >= 15 is 0 Å². The minimum Gasteiger partial charge on any atom is -0.399 e. The number of nitrogens with zero attached hydrogens (tertiary/aromatic N) is 1. The molecule has 2 bridgehead atoms. The standard InChI is InChI=1S/C24H28ClN3O2/c1-15-4-2-5-16(10-15)11-23(29)28-19-6-3-7-20(28)14-18(13-19)27-24(30)21-9-8-17(26)12-22(21)25/h2,4-5,8-10,12,18-20H,3,6-7,11,13-14,26H2,1H3,(H,27,30). The normalized spacial score (nSPS) is 23.1. The van der Waals surface area contributed by atoms with Crippen LogP contribution in [-0.4, -0.2) is 34.8 Å². The summed E-state index contributed by atoms with van der Waals surface area (Å²) < 4.78 is 0. The van der Waals surface area contributed by atoms with Crippen molar-refractivity contribution < 1.29 is 9.59 Å². The lowest BCUT2D eigenvalue weighted by Gasteiger charge is -2.49. The Morgan fingerprint density at radius 1 is 1.13 bits per heavy atom. The van der Waals surface area contributed by atoms with E-state index in [1.807, 2.05) is 25.1 Å². The smallest absolute Gasteiger partial charge is 0.253 e. The lowest BCUT2D eigenvalue weighted by Crippen LogP contribution is -2.59. The van der Waals surface area contributed by atoms with E-state index in [-0.39, 0.29) is 29.9 Å². The van der Waals surface area contributed by atoms with Crippen molar-refractivity contribution in [3.8, 4) is 0 Å². The topological polar surface area (TPSA) is 75.4 Å². The summed E-state index contributed by atoms with van der Waals surface area (Å²) in [6.07, 6.45) is 5.12. The lowest BCUT2D eigenvalue weighted by atomic mass is 9.81. The van der Waals surface area contributed by atoms with Crippen molar-refractivity contribution in [3.05, 3.63) is 64.2 Å². The second-order valence-corrected chi connectivity index (χ2v) is 8.99. The molecule has 2 amide bonds. The molecule has 2 saturated heterocycles. The number of halogens is 1. The van der Waals surface area contributed by atoms with Gasteiger partial charge in [0, 0.05) is 23.8 Å². The second kappa shape index (κ2) is 8.68. The molecule has 0 aromatic heterocycles. The Morgan fingerprint density at radius 3 is 2.53 bits per heavy atom. The molecular weight excluding hydrogens is 398 g/mol. The van der Waals surface area contributed by atoms with Crippen LogP contribution in [0, 0.1) is 6.92 Å². The van der Waals surface area contributed by atoms with E-state index in [9.17, 15) is 9.59 Å². The second-order valence-electron chi connectivity index (χ2n) is 8.59. The molecule has 2 fully saturated rings. The zero-order chi connectivity index (χ0) is 21.3. The Kier molecular flexibility index (Phi) is 6.00. The predicted molar refractivity (Wildman–Crippen MR) is 120 cm³/mol. The first-order valence-corrected chi connectivity index (χ1v) is 11.0. The molecule has 30 heavy (non-hydrogen) atoms. The number of hydrogen-bond donors (Lipinski definition) is 2. The molecule has 2 aliphatic rings. The van der Waals surface area contributed by atoms with Gasteiger partial charge in [0.15, 0.2) is 0 Å². The zero-order valence-electron chi connectivity index (χ0n) is 17.2. The molecule has 6 heteroatoms. The highest BCUT2D eigenvalue weighted by molar-refractivity contribution is 6.34. The first kappa shape index (κ1) is 20.7. The molecule has 0 radical (unpaired) electrons. The number of nitrogens with one attached hydrogen (secondary N) is 1. The van der Waals surface area contributed by atoms with Crippen LogP contribution < -0.4 is 11.1 Å². The lowest BCUT2D eigenvalue weighted by molar-refractivity contribution is -0.140. The highest BCUT2D eigenvalue weighted by Gasteiger charge is 2.41. The van der Waals surface area contributed by atoms with Crippen molar-refractivity contribution in [1.29, 1.82) is 0 Å². The Labute approximate surface area is 182 Å². The number of nitrogen functional groups attached to an aromatic ring is 1. The number of amides is 2. The third-order valence-electron chi connectivity index (χ3n) is 6.27. The number of rotatable bonds is 4. The van der Waals surface area contributed by atoms with Gasteiger partial charge in [-0.15, -0.1) is 0 Å². The van der Waals surface area contributed by atoms with E-state index in [2.05, 4.69) is 16.3 Å². The fourth-order valence-corrected chi connectivity index (χ4v) is 5.25. The van der Waals surface area contributed by atoms with Crippen LogP contribution in [0.4, 0.5) is 5.69 Å². The summed E-state index contributed by atoms with van der Waals surface area (Å²) >= 11 is 6.20. The molecule has 158 valence electrons. The largest absolute Gasteiger partial charge is 0.399 e. The van der Waals surface area contributed by atoms with E-state index in [1.165, 1.54) is 5.56 Å². The average Bonchev–Trinajstić information content (AvgIpc) is 2.67. The average molecular weight is 426 g/mol. The fraction of sp³-hybridized carbons (Fsp3) is 0.417. The summed E-state index contributed by atoms with van der Waals surface area (Å²) in [5.74, 6) is 0.0178. The van der Waals surface area contributed by atoms with Gasteiger partial charge in [-0.3, -0.25) is 9.59 Å². The Bertz CT molecular complexity index is 947. The number of fused-ring (bicyclic) bond motifs is 2. The minimum absolute atomic E-state index is 0.0458. The molecule has 0 aliphatic carbocycles. The number of anilines is 1. The molecule has 0 saturated carbocycles. The predicted octanol–water partition coefficient (Wildman–Crippen LogP) is 4.12. The van der Waals surface area contributed by atoms with Crippen molar-refractivity contribution >= 4 is 29.1 Å². The molecule has 5 nitrogen and oxygen atoms in total. The number of carbonyl (C=O) groups is 2. The number of hydrogen-bond acceptors (Lipinski definition) is 3. The Balaban J connectivity index is 1.43. The molecule has 2 aromatic rings. The number of carbonyl (C=O) groups excluding carboxylic acids is 2. The van der Waals surface area contributed by atoms with E-state index in [4.69, 9.17) is 17.3 Å². The summed E-state index contributed by atoms with van der Waals surface area (Å²) in [5, 5.41) is 3.50. The summed E-state index contributed by atoms with van der Waals surface area (Å²) in [6, 6.07) is 13.5. The van der Waals surface area contributed by atoms with Crippen molar-refractivity contribution in [1.82, 2.24) is 10.2 Å². The van der Waals surface area contributed by atoms with Crippen LogP contribution in [0.25, 0.3) is 0 Å². The van der Waals surface area contributed by atoms with Crippen LogP contribution in [0.15, 0.2) is 42.5 Å². The first-order valence-electron chi connectivity index (χ1n) is 10.6. The monoisotopic (exact) mass is 425 g/mol. The summed E-state index contributed by atoms with van der Waals surface area (Å²) in [7, 11) is 0. The maximum Gasteiger partial charge on any atom is 0.253 e.